The van der Waals surface area contributed by atoms with Crippen molar-refractivity contribution >= 4 is 11.8 Å². The SMILES string of the molecule is C=C(NC(C(C)C)C(CC)c1ccccc1)NC(C(=O)NCCC(C(C)C(=C)NC(CC1CC1)C(=C)C(N)=O)[C@H](C)CC)C(C)(C)C.CC.CC. The molecule has 1 aromatic carbocycles. The normalized spacial score (nSPS) is 16.6. The van der Waals surface area contributed by atoms with Crippen LogP contribution in [0.3, 0.4) is 0 Å². The fraction of sp³-hybridized carbons (Fsp3) is 0.682. The topological polar surface area (TPSA) is 108 Å². The van der Waals surface area contributed by atoms with E-state index < -0.39 is 11.9 Å². The first-order valence-electron chi connectivity index (χ1n) is 20.0. The Morgan fingerprint density at radius 3 is 1.90 bits per heavy atom. The van der Waals surface area contributed by atoms with Gasteiger partial charge >= 0.3 is 0 Å². The van der Waals surface area contributed by atoms with Crippen LogP contribution in [-0.2, 0) is 9.59 Å². The van der Waals surface area contributed by atoms with Crippen molar-refractivity contribution in [1.82, 2.24) is 21.3 Å². The van der Waals surface area contributed by atoms with E-state index in [1.54, 1.807) is 0 Å². The monoisotopic (exact) mass is 710 g/mol. The zero-order valence-electron chi connectivity index (χ0n) is 35.0. The first kappa shape index (κ1) is 47.8. The van der Waals surface area contributed by atoms with Crippen molar-refractivity contribution in [2.24, 2.45) is 40.7 Å². The van der Waals surface area contributed by atoms with E-state index in [-0.39, 0.29) is 35.2 Å². The van der Waals surface area contributed by atoms with Gasteiger partial charge in [0.2, 0.25) is 11.8 Å². The molecule has 7 atom stereocenters. The molecule has 0 aliphatic heterocycles. The Bertz CT molecular complexity index is 1180. The lowest BCUT2D eigenvalue weighted by Crippen LogP contribution is -2.54. The van der Waals surface area contributed by atoms with E-state index in [2.05, 4.69) is 134 Å². The molecule has 1 aliphatic rings. The van der Waals surface area contributed by atoms with Gasteiger partial charge in [0, 0.05) is 29.8 Å². The van der Waals surface area contributed by atoms with Crippen LogP contribution in [0.15, 0.2) is 67.2 Å². The number of hydrogen-bond donors (Lipinski definition) is 5. The summed E-state index contributed by atoms with van der Waals surface area (Å²) in [5, 5.41) is 13.9. The van der Waals surface area contributed by atoms with Gasteiger partial charge in [0.05, 0.1) is 11.9 Å². The molecule has 0 spiro atoms. The van der Waals surface area contributed by atoms with Crippen LogP contribution < -0.4 is 27.0 Å². The minimum atomic E-state index is -0.467. The third kappa shape index (κ3) is 16.3. The van der Waals surface area contributed by atoms with E-state index in [4.69, 9.17) is 5.73 Å². The Morgan fingerprint density at radius 2 is 1.45 bits per heavy atom. The minimum absolute atomic E-state index is 0.0357. The largest absolute Gasteiger partial charge is 0.382 e. The van der Waals surface area contributed by atoms with Crippen LogP contribution in [-0.4, -0.2) is 36.5 Å². The Kier molecular flexibility index (Phi) is 22.6. The number of rotatable bonds is 22. The lowest BCUT2D eigenvalue weighted by Gasteiger charge is -2.36. The number of nitrogens with two attached hydrogens (primary N) is 1. The summed E-state index contributed by atoms with van der Waals surface area (Å²) in [6, 6.07) is 10.1. The summed E-state index contributed by atoms with van der Waals surface area (Å²) >= 11 is 0. The zero-order chi connectivity index (χ0) is 39.5. The summed E-state index contributed by atoms with van der Waals surface area (Å²) in [6.45, 7) is 40.8. The van der Waals surface area contributed by atoms with Crippen LogP contribution in [0.4, 0.5) is 0 Å². The second-order valence-electron chi connectivity index (χ2n) is 15.5. The van der Waals surface area contributed by atoms with Crippen LogP contribution in [0.25, 0.3) is 0 Å². The van der Waals surface area contributed by atoms with Crippen LogP contribution in [0.1, 0.15) is 140 Å². The predicted molar refractivity (Wildman–Crippen MR) is 221 cm³/mol. The molecule has 1 aliphatic carbocycles. The molecule has 7 nitrogen and oxygen atoms in total. The molecule has 6 N–H and O–H groups in total. The zero-order valence-corrected chi connectivity index (χ0v) is 35.0. The lowest BCUT2D eigenvalue weighted by molar-refractivity contribution is -0.125. The molecule has 51 heavy (non-hydrogen) atoms. The maximum Gasteiger partial charge on any atom is 0.246 e. The van der Waals surface area contributed by atoms with Gasteiger partial charge in [-0.2, -0.15) is 0 Å². The molecular weight excluding hydrogens is 631 g/mol. The summed E-state index contributed by atoms with van der Waals surface area (Å²) in [4.78, 5) is 25.7. The fourth-order valence-corrected chi connectivity index (χ4v) is 6.78. The van der Waals surface area contributed by atoms with Gasteiger partial charge in [-0.15, -0.1) is 0 Å². The molecule has 0 saturated heterocycles. The highest BCUT2D eigenvalue weighted by Crippen LogP contribution is 2.36. The standard InChI is InChI=1S/C40H67N5O2.2C2H6/c1-13-26(5)34(27(6)29(8)43-35(24-31-20-21-31)28(7)38(41)46)22-23-42-39(47)37(40(10,11)12)45-30(9)44-36(25(3)4)33(14-2)32-18-16-15-17-19-32;2*1-2/h15-19,25-27,31,33-37,43-45H,7-9,13-14,20-24H2,1-6,10-12H3,(H2,41,46)(H,42,47);2*1-2H3/t26-,27?,33?,34?,35?,36?,37?;;/m1../s1. The third-order valence-corrected chi connectivity index (χ3v) is 10.3. The Morgan fingerprint density at radius 1 is 0.882 bits per heavy atom. The molecular formula is C44H79N5O2. The highest BCUT2D eigenvalue weighted by Gasteiger charge is 2.34. The first-order chi connectivity index (χ1) is 24.0. The van der Waals surface area contributed by atoms with Crippen molar-refractivity contribution in [2.75, 3.05) is 6.54 Å². The molecule has 0 aromatic heterocycles. The van der Waals surface area contributed by atoms with E-state index in [0.717, 1.165) is 31.4 Å². The number of hydrogen-bond acceptors (Lipinski definition) is 5. The number of amides is 2. The summed E-state index contributed by atoms with van der Waals surface area (Å²) in [7, 11) is 0. The van der Waals surface area contributed by atoms with Crippen LogP contribution in [0.2, 0.25) is 0 Å². The smallest absolute Gasteiger partial charge is 0.246 e. The van der Waals surface area contributed by atoms with Crippen LogP contribution in [0, 0.1) is 35.0 Å². The third-order valence-electron chi connectivity index (χ3n) is 10.3. The molecule has 1 fully saturated rings. The second-order valence-corrected chi connectivity index (χ2v) is 15.5. The number of benzene rings is 1. The molecule has 0 bridgehead atoms. The number of allylic oxidation sites excluding steroid dienone is 1. The quantitative estimate of drug-likeness (QED) is 0.0771. The van der Waals surface area contributed by atoms with Crippen molar-refractivity contribution in [3.05, 3.63) is 72.7 Å². The molecule has 1 saturated carbocycles. The second kappa shape index (κ2) is 24.1. The average molecular weight is 710 g/mol. The molecule has 1 aromatic rings. The van der Waals surface area contributed by atoms with Gasteiger partial charge in [0.1, 0.15) is 6.04 Å². The minimum Gasteiger partial charge on any atom is -0.382 e. The molecule has 292 valence electrons. The molecule has 6 unspecified atom stereocenters. The Balaban J connectivity index is 0.00000602. The van der Waals surface area contributed by atoms with Gasteiger partial charge in [-0.25, -0.2) is 0 Å². The van der Waals surface area contributed by atoms with Gasteiger partial charge < -0.3 is 27.0 Å². The number of carbonyl (C=O) groups excluding carboxylic acids is 2. The van der Waals surface area contributed by atoms with Crippen molar-refractivity contribution in [1.29, 1.82) is 0 Å². The molecule has 2 amide bonds. The first-order valence-corrected chi connectivity index (χ1v) is 20.0. The number of primary amides is 1. The maximum atomic E-state index is 13.7. The lowest BCUT2D eigenvalue weighted by atomic mass is 9.78. The van der Waals surface area contributed by atoms with Gasteiger partial charge in [-0.05, 0) is 59.8 Å². The van der Waals surface area contributed by atoms with Gasteiger partial charge in [-0.3, -0.25) is 9.59 Å². The fourth-order valence-electron chi connectivity index (χ4n) is 6.78. The summed E-state index contributed by atoms with van der Waals surface area (Å²) in [6.07, 6.45) is 6.04. The van der Waals surface area contributed by atoms with Gasteiger partial charge in [-0.1, -0.05) is 159 Å². The molecule has 2 rings (SSSR count). The summed E-state index contributed by atoms with van der Waals surface area (Å²) in [5.74, 6) is 2.30. The van der Waals surface area contributed by atoms with E-state index in [1.807, 2.05) is 27.7 Å². The van der Waals surface area contributed by atoms with Crippen LogP contribution in [0.5, 0.6) is 0 Å². The average Bonchev–Trinajstić information content (AvgIpc) is 3.93. The Hall–Kier alpha value is -3.22. The summed E-state index contributed by atoms with van der Waals surface area (Å²) < 4.78 is 0. The molecule has 7 heteroatoms. The number of nitrogens with one attached hydrogen (secondary N) is 4. The molecule has 0 heterocycles. The highest BCUT2D eigenvalue weighted by molar-refractivity contribution is 5.92. The van der Waals surface area contributed by atoms with Crippen LogP contribution >= 0.6 is 0 Å². The van der Waals surface area contributed by atoms with E-state index in [0.29, 0.717) is 41.6 Å². The van der Waals surface area contributed by atoms with Crippen molar-refractivity contribution in [3.63, 3.8) is 0 Å². The van der Waals surface area contributed by atoms with Gasteiger partial charge in [0.15, 0.2) is 0 Å². The highest BCUT2D eigenvalue weighted by atomic mass is 16.2. The van der Waals surface area contributed by atoms with E-state index in [9.17, 15) is 9.59 Å². The Labute approximate surface area is 314 Å². The van der Waals surface area contributed by atoms with E-state index in [1.165, 1.54) is 18.4 Å². The maximum absolute atomic E-state index is 13.7. The van der Waals surface area contributed by atoms with Crippen molar-refractivity contribution in [2.45, 2.75) is 153 Å². The molecule has 0 radical (unpaired) electrons. The van der Waals surface area contributed by atoms with Gasteiger partial charge in [0.25, 0.3) is 0 Å². The van der Waals surface area contributed by atoms with Crippen molar-refractivity contribution in [3.8, 4) is 0 Å². The predicted octanol–water partition coefficient (Wildman–Crippen LogP) is 9.44. The van der Waals surface area contributed by atoms with Crippen molar-refractivity contribution < 1.29 is 9.59 Å². The van der Waals surface area contributed by atoms with E-state index >= 15 is 0 Å². The summed E-state index contributed by atoms with van der Waals surface area (Å²) in [5.41, 5.74) is 7.89. The number of carbonyl (C=O) groups is 2.